The topological polar surface area (TPSA) is 83.6 Å². The van der Waals surface area contributed by atoms with Crippen LogP contribution in [0.4, 0.5) is 0 Å². The lowest BCUT2D eigenvalue weighted by molar-refractivity contribution is -0.122. The molecule has 0 radical (unpaired) electrons. The molecule has 0 aliphatic heterocycles. The maximum Gasteiger partial charge on any atom is 0.228 e. The van der Waals surface area contributed by atoms with Crippen molar-refractivity contribution in [1.29, 1.82) is 0 Å². The van der Waals surface area contributed by atoms with Gasteiger partial charge in [-0.1, -0.05) is 26.0 Å². The summed E-state index contributed by atoms with van der Waals surface area (Å²) in [6, 6.07) is 0. The molecule has 96 valence electrons. The van der Waals surface area contributed by atoms with Crippen molar-refractivity contribution < 1.29 is 4.79 Å². The molecular weight excluding hydrogens is 218 g/mol. The van der Waals surface area contributed by atoms with Crippen molar-refractivity contribution >= 4 is 5.91 Å². The van der Waals surface area contributed by atoms with E-state index in [0.717, 1.165) is 6.42 Å². The zero-order valence-electron chi connectivity index (χ0n) is 11.2. The SMILES string of the molecule is CC(C)(C)CC(C)(C)NC(=O)Cc1nn[nH]n1. The fourth-order valence-corrected chi connectivity index (χ4v) is 2.19. The number of nitrogens with zero attached hydrogens (tertiary/aromatic N) is 3. The first-order valence-electron chi connectivity index (χ1n) is 5.71. The molecule has 0 aliphatic carbocycles. The molecule has 1 amide bonds. The number of aromatic nitrogens is 4. The molecular formula is C11H21N5O. The maximum absolute atomic E-state index is 11.8. The summed E-state index contributed by atoms with van der Waals surface area (Å²) in [5, 5.41) is 16.2. The van der Waals surface area contributed by atoms with Crippen LogP contribution in [0.15, 0.2) is 0 Å². The van der Waals surface area contributed by atoms with E-state index in [1.54, 1.807) is 0 Å². The Hall–Kier alpha value is -1.46. The van der Waals surface area contributed by atoms with Crippen molar-refractivity contribution in [3.63, 3.8) is 0 Å². The third-order valence-corrected chi connectivity index (χ3v) is 2.16. The van der Waals surface area contributed by atoms with Crippen LogP contribution in [0.25, 0.3) is 0 Å². The monoisotopic (exact) mass is 239 g/mol. The number of tetrazole rings is 1. The third-order valence-electron chi connectivity index (χ3n) is 2.16. The van der Waals surface area contributed by atoms with Crippen molar-refractivity contribution in [3.05, 3.63) is 5.82 Å². The molecule has 1 heterocycles. The summed E-state index contributed by atoms with van der Waals surface area (Å²) in [5.74, 6) is 0.328. The minimum atomic E-state index is -0.237. The summed E-state index contributed by atoms with van der Waals surface area (Å²) >= 11 is 0. The second-order valence-electron chi connectivity index (χ2n) is 6.17. The van der Waals surface area contributed by atoms with Gasteiger partial charge in [0.15, 0.2) is 5.82 Å². The number of hydrogen-bond acceptors (Lipinski definition) is 4. The lowest BCUT2D eigenvalue weighted by Gasteiger charge is -2.33. The Bertz CT molecular complexity index is 364. The van der Waals surface area contributed by atoms with Gasteiger partial charge in [0.05, 0.1) is 6.42 Å². The van der Waals surface area contributed by atoms with Crippen molar-refractivity contribution in [3.8, 4) is 0 Å². The largest absolute Gasteiger partial charge is 0.351 e. The lowest BCUT2D eigenvalue weighted by atomic mass is 9.82. The first-order valence-corrected chi connectivity index (χ1v) is 5.71. The molecule has 1 aromatic rings. The smallest absolute Gasteiger partial charge is 0.228 e. The summed E-state index contributed by atoms with van der Waals surface area (Å²) in [7, 11) is 0. The van der Waals surface area contributed by atoms with Gasteiger partial charge in [0.25, 0.3) is 0 Å². The number of amides is 1. The fraction of sp³-hybridized carbons (Fsp3) is 0.818. The summed E-state index contributed by atoms with van der Waals surface area (Å²) < 4.78 is 0. The molecule has 0 atom stereocenters. The minimum absolute atomic E-state index is 0.0827. The van der Waals surface area contributed by atoms with Crippen LogP contribution in [0.1, 0.15) is 46.9 Å². The van der Waals surface area contributed by atoms with Gasteiger partial charge in [-0.05, 0) is 25.7 Å². The van der Waals surface area contributed by atoms with Crippen LogP contribution in [-0.4, -0.2) is 32.1 Å². The Labute approximate surface area is 102 Å². The molecule has 0 saturated carbocycles. The number of carbonyl (C=O) groups excluding carboxylic acids is 1. The number of nitrogens with one attached hydrogen (secondary N) is 2. The van der Waals surface area contributed by atoms with E-state index in [9.17, 15) is 4.79 Å². The van der Waals surface area contributed by atoms with Crippen molar-refractivity contribution in [2.75, 3.05) is 0 Å². The van der Waals surface area contributed by atoms with E-state index in [1.807, 2.05) is 13.8 Å². The predicted octanol–water partition coefficient (Wildman–Crippen LogP) is 1.07. The molecule has 2 N–H and O–H groups in total. The average Bonchev–Trinajstić information content (AvgIpc) is 2.49. The molecule has 0 aliphatic rings. The van der Waals surface area contributed by atoms with Gasteiger partial charge in [-0.2, -0.15) is 5.21 Å². The minimum Gasteiger partial charge on any atom is -0.351 e. The summed E-state index contributed by atoms with van der Waals surface area (Å²) in [6.07, 6.45) is 1.06. The standard InChI is InChI=1S/C11H21N5O/c1-10(2,3)7-11(4,5)12-9(17)6-8-13-15-16-14-8/h6-7H2,1-5H3,(H,12,17)(H,13,14,15,16). The Balaban J connectivity index is 2.50. The third kappa shape index (κ3) is 5.42. The van der Waals surface area contributed by atoms with E-state index in [4.69, 9.17) is 0 Å². The fourth-order valence-electron chi connectivity index (χ4n) is 2.19. The number of H-pyrrole nitrogens is 1. The Kier molecular flexibility index (Phi) is 3.85. The van der Waals surface area contributed by atoms with Gasteiger partial charge >= 0.3 is 0 Å². The number of carbonyl (C=O) groups is 1. The van der Waals surface area contributed by atoms with Gasteiger partial charge in [0, 0.05) is 5.54 Å². The number of rotatable bonds is 4. The average molecular weight is 239 g/mol. The molecule has 0 spiro atoms. The molecule has 6 nitrogen and oxygen atoms in total. The van der Waals surface area contributed by atoms with Gasteiger partial charge in [0.2, 0.25) is 5.91 Å². The van der Waals surface area contributed by atoms with E-state index in [-0.39, 0.29) is 23.3 Å². The van der Waals surface area contributed by atoms with E-state index in [1.165, 1.54) is 0 Å². The summed E-state index contributed by atoms with van der Waals surface area (Å²) in [4.78, 5) is 11.8. The quantitative estimate of drug-likeness (QED) is 0.823. The highest BCUT2D eigenvalue weighted by atomic mass is 16.1. The maximum atomic E-state index is 11.8. The highest BCUT2D eigenvalue weighted by Crippen LogP contribution is 2.26. The summed E-state index contributed by atoms with van der Waals surface area (Å²) in [5.41, 5.74) is -0.0675. The van der Waals surface area contributed by atoms with E-state index in [0.29, 0.717) is 5.82 Å². The first kappa shape index (κ1) is 13.6. The molecule has 6 heteroatoms. The van der Waals surface area contributed by atoms with E-state index in [2.05, 4.69) is 46.7 Å². The predicted molar refractivity (Wildman–Crippen MR) is 64.2 cm³/mol. The van der Waals surface area contributed by atoms with Crippen LogP contribution in [0.2, 0.25) is 0 Å². The van der Waals surface area contributed by atoms with Crippen LogP contribution in [0.5, 0.6) is 0 Å². The molecule has 0 saturated heterocycles. The van der Waals surface area contributed by atoms with Gasteiger partial charge in [-0.3, -0.25) is 4.79 Å². The Morgan fingerprint density at radius 3 is 2.41 bits per heavy atom. The molecule has 0 bridgehead atoms. The van der Waals surface area contributed by atoms with Gasteiger partial charge in [-0.25, -0.2) is 0 Å². The zero-order valence-corrected chi connectivity index (χ0v) is 11.2. The second kappa shape index (κ2) is 4.81. The van der Waals surface area contributed by atoms with Gasteiger partial charge < -0.3 is 5.32 Å². The van der Waals surface area contributed by atoms with E-state index < -0.39 is 0 Å². The lowest BCUT2D eigenvalue weighted by Crippen LogP contribution is -2.46. The summed E-state index contributed by atoms with van der Waals surface area (Å²) in [6.45, 7) is 10.5. The van der Waals surface area contributed by atoms with Crippen molar-refractivity contribution in [2.45, 2.75) is 53.0 Å². The highest BCUT2D eigenvalue weighted by molar-refractivity contribution is 5.78. The molecule has 1 rings (SSSR count). The van der Waals surface area contributed by atoms with Gasteiger partial charge in [-0.15, -0.1) is 10.2 Å². The normalized spacial score (nSPS) is 12.5. The molecule has 0 unspecified atom stereocenters. The molecule has 17 heavy (non-hydrogen) atoms. The van der Waals surface area contributed by atoms with Crippen LogP contribution < -0.4 is 5.32 Å². The Morgan fingerprint density at radius 2 is 1.94 bits per heavy atom. The first-order chi connectivity index (χ1) is 7.68. The van der Waals surface area contributed by atoms with Gasteiger partial charge in [0.1, 0.15) is 0 Å². The van der Waals surface area contributed by atoms with Crippen LogP contribution >= 0.6 is 0 Å². The van der Waals surface area contributed by atoms with Crippen LogP contribution in [0.3, 0.4) is 0 Å². The Morgan fingerprint density at radius 1 is 1.29 bits per heavy atom. The number of aromatic amines is 1. The molecule has 1 aromatic heterocycles. The van der Waals surface area contributed by atoms with Crippen molar-refractivity contribution in [1.82, 2.24) is 25.9 Å². The number of hydrogen-bond donors (Lipinski definition) is 2. The molecule has 0 fully saturated rings. The second-order valence-corrected chi connectivity index (χ2v) is 6.17. The van der Waals surface area contributed by atoms with E-state index >= 15 is 0 Å². The van der Waals surface area contributed by atoms with Crippen LogP contribution in [0, 0.1) is 5.41 Å². The molecule has 0 aromatic carbocycles. The van der Waals surface area contributed by atoms with Crippen LogP contribution in [-0.2, 0) is 11.2 Å². The zero-order chi connectivity index (χ0) is 13.1. The van der Waals surface area contributed by atoms with Crippen molar-refractivity contribution in [2.24, 2.45) is 5.41 Å². The highest BCUT2D eigenvalue weighted by Gasteiger charge is 2.27.